The van der Waals surface area contributed by atoms with E-state index in [-0.39, 0.29) is 28.2 Å². The van der Waals surface area contributed by atoms with E-state index in [1.165, 1.54) is 17.9 Å². The third-order valence-corrected chi connectivity index (χ3v) is 6.53. The standard InChI is InChI=1S/C17H18N8O8S2/c18-15-21-11(8-34-15)12(13(26)20-10-7-25(14(10)27)35(30,31)32)22-16(28)23-3-4-24(17(23)29)19-6-9-2-1-5-33-9/h1-2,5-6,8,10,12H,3-4,7H2,(H2,18,21)(H,20,26)(H,22,28)(H,30,31,32)/t10-,12?/m0/s1. The van der Waals surface area contributed by atoms with Gasteiger partial charge in [0.25, 0.3) is 5.91 Å². The van der Waals surface area contributed by atoms with Crippen molar-refractivity contribution in [1.29, 1.82) is 0 Å². The molecule has 4 rings (SSSR count). The molecule has 2 saturated heterocycles. The lowest BCUT2D eigenvalue weighted by atomic mass is 10.1. The number of thiazole rings is 1. The molecule has 4 heterocycles. The summed E-state index contributed by atoms with van der Waals surface area (Å²) >= 11 is 0.990. The Balaban J connectivity index is 1.43. The van der Waals surface area contributed by atoms with Gasteiger partial charge in [-0.25, -0.2) is 28.8 Å². The maximum Gasteiger partial charge on any atom is 0.362 e. The summed E-state index contributed by atoms with van der Waals surface area (Å²) in [5.74, 6) is -1.56. The molecule has 2 aliphatic heterocycles. The SMILES string of the molecule is Nc1nc(C(NC(=O)N2CCN(N=Cc3ccco3)C2=O)C(=O)N[C@H]2CN(S(=O)(=O)O)C2=O)cs1. The Morgan fingerprint density at radius 3 is 2.74 bits per heavy atom. The van der Waals surface area contributed by atoms with E-state index in [9.17, 15) is 27.6 Å². The number of hydrogen-bond donors (Lipinski definition) is 4. The van der Waals surface area contributed by atoms with Gasteiger partial charge in [-0.3, -0.25) is 14.1 Å². The largest absolute Gasteiger partial charge is 0.463 e. The van der Waals surface area contributed by atoms with Gasteiger partial charge in [-0.2, -0.15) is 13.5 Å². The number of anilines is 1. The Morgan fingerprint density at radius 2 is 2.14 bits per heavy atom. The zero-order valence-electron chi connectivity index (χ0n) is 17.6. The Labute approximate surface area is 201 Å². The number of hydrazone groups is 1. The minimum atomic E-state index is -4.74. The Kier molecular flexibility index (Phi) is 6.41. The molecule has 0 saturated carbocycles. The number of carbonyl (C=O) groups excluding carboxylic acids is 4. The summed E-state index contributed by atoms with van der Waals surface area (Å²) in [5.41, 5.74) is 5.66. The maximum atomic E-state index is 12.9. The van der Waals surface area contributed by atoms with Crippen LogP contribution in [0.2, 0.25) is 0 Å². The summed E-state index contributed by atoms with van der Waals surface area (Å²) in [5, 5.41) is 11.2. The van der Waals surface area contributed by atoms with Crippen LogP contribution in [0, 0.1) is 0 Å². The molecule has 0 bridgehead atoms. The van der Waals surface area contributed by atoms with Gasteiger partial charge in [0, 0.05) is 5.38 Å². The molecular weight excluding hydrogens is 508 g/mol. The van der Waals surface area contributed by atoms with Gasteiger partial charge in [-0.05, 0) is 12.1 Å². The minimum Gasteiger partial charge on any atom is -0.463 e. The zero-order valence-corrected chi connectivity index (χ0v) is 19.2. The highest BCUT2D eigenvalue weighted by atomic mass is 32.2. The molecule has 0 aliphatic carbocycles. The van der Waals surface area contributed by atoms with E-state index in [4.69, 9.17) is 14.7 Å². The van der Waals surface area contributed by atoms with Crippen LogP contribution in [0.25, 0.3) is 0 Å². The number of amides is 6. The summed E-state index contributed by atoms with van der Waals surface area (Å²) in [6, 6.07) is -1.13. The quantitative estimate of drug-likeness (QED) is 0.195. The van der Waals surface area contributed by atoms with Crippen LogP contribution in [-0.4, -0.2) is 87.9 Å². The second kappa shape index (κ2) is 9.31. The first kappa shape index (κ1) is 24.1. The Bertz CT molecular complexity index is 1290. The molecule has 2 aromatic rings. The van der Waals surface area contributed by atoms with Crippen molar-refractivity contribution in [3.8, 4) is 0 Å². The van der Waals surface area contributed by atoms with Gasteiger partial charge in [0.2, 0.25) is 5.91 Å². The summed E-state index contributed by atoms with van der Waals surface area (Å²) in [4.78, 5) is 55.0. The number of urea groups is 2. The predicted octanol–water partition coefficient (Wildman–Crippen LogP) is -1.03. The lowest BCUT2D eigenvalue weighted by Crippen LogP contribution is -2.66. The monoisotopic (exact) mass is 526 g/mol. The average molecular weight is 527 g/mol. The number of aromatic nitrogens is 1. The van der Waals surface area contributed by atoms with Crippen LogP contribution in [0.3, 0.4) is 0 Å². The van der Waals surface area contributed by atoms with Gasteiger partial charge in [-0.1, -0.05) is 0 Å². The topological polar surface area (TPSA) is 221 Å². The van der Waals surface area contributed by atoms with Crippen molar-refractivity contribution in [2.75, 3.05) is 25.4 Å². The molecule has 35 heavy (non-hydrogen) atoms. The lowest BCUT2D eigenvalue weighted by Gasteiger charge is -2.36. The molecule has 2 aliphatic rings. The number of furan rings is 1. The van der Waals surface area contributed by atoms with Crippen LogP contribution in [0.4, 0.5) is 14.7 Å². The molecule has 5 N–H and O–H groups in total. The van der Waals surface area contributed by atoms with Crippen molar-refractivity contribution in [3.05, 3.63) is 35.2 Å². The number of nitrogens with one attached hydrogen (secondary N) is 2. The molecular formula is C17H18N8O8S2. The maximum absolute atomic E-state index is 12.9. The molecule has 186 valence electrons. The molecule has 0 radical (unpaired) electrons. The van der Waals surface area contributed by atoms with Crippen LogP contribution in [0.5, 0.6) is 0 Å². The normalized spacial score (nSPS) is 19.2. The fraction of sp³-hybridized carbons (Fsp3) is 0.294. The highest BCUT2D eigenvalue weighted by molar-refractivity contribution is 7.84. The van der Waals surface area contributed by atoms with E-state index < -0.39 is 52.8 Å². The first-order valence-corrected chi connectivity index (χ1v) is 12.1. The molecule has 6 amide bonds. The second-order valence-corrected chi connectivity index (χ2v) is 9.44. The van der Waals surface area contributed by atoms with Crippen molar-refractivity contribution in [2.24, 2.45) is 5.10 Å². The molecule has 1 unspecified atom stereocenters. The Hall–Kier alpha value is -4.03. The molecule has 0 aromatic carbocycles. The van der Waals surface area contributed by atoms with Crippen LogP contribution >= 0.6 is 11.3 Å². The van der Waals surface area contributed by atoms with E-state index in [0.29, 0.717) is 5.76 Å². The zero-order chi connectivity index (χ0) is 25.3. The predicted molar refractivity (Wildman–Crippen MR) is 118 cm³/mol. The summed E-state index contributed by atoms with van der Waals surface area (Å²) in [6.07, 6.45) is 2.74. The van der Waals surface area contributed by atoms with Gasteiger partial charge in [-0.15, -0.1) is 11.3 Å². The minimum absolute atomic E-state index is 0.0296. The van der Waals surface area contributed by atoms with E-state index in [0.717, 1.165) is 21.2 Å². The average Bonchev–Trinajstić information content (AvgIpc) is 3.53. The third-order valence-electron chi connectivity index (χ3n) is 4.95. The van der Waals surface area contributed by atoms with Gasteiger partial charge in [0.15, 0.2) is 11.2 Å². The highest BCUT2D eigenvalue weighted by Crippen LogP contribution is 2.21. The highest BCUT2D eigenvalue weighted by Gasteiger charge is 2.45. The summed E-state index contributed by atoms with van der Waals surface area (Å²) < 4.78 is 36.4. The van der Waals surface area contributed by atoms with Crippen molar-refractivity contribution in [3.63, 3.8) is 0 Å². The first-order chi connectivity index (χ1) is 16.5. The number of rotatable bonds is 7. The van der Waals surface area contributed by atoms with Crippen molar-refractivity contribution in [2.45, 2.75) is 12.1 Å². The number of nitrogen functional groups attached to an aromatic ring is 1. The molecule has 2 fully saturated rings. The second-order valence-electron chi connectivity index (χ2n) is 7.22. The third kappa shape index (κ3) is 5.08. The number of carbonyl (C=O) groups is 4. The van der Waals surface area contributed by atoms with Gasteiger partial charge in [0.05, 0.1) is 37.8 Å². The molecule has 18 heteroatoms. The molecule has 0 spiro atoms. The number of β-lactam (4-membered cyclic amide) rings is 1. The first-order valence-electron chi connectivity index (χ1n) is 9.82. The molecule has 16 nitrogen and oxygen atoms in total. The van der Waals surface area contributed by atoms with Crippen LogP contribution < -0.4 is 16.4 Å². The van der Waals surface area contributed by atoms with E-state index in [1.807, 2.05) is 0 Å². The van der Waals surface area contributed by atoms with Crippen LogP contribution in [0.15, 0.2) is 33.3 Å². The summed E-state index contributed by atoms with van der Waals surface area (Å²) in [6.45, 7) is -0.430. The van der Waals surface area contributed by atoms with Crippen molar-refractivity contribution < 1.29 is 36.6 Å². The number of hydrogen-bond acceptors (Lipinski definition) is 11. The lowest BCUT2D eigenvalue weighted by molar-refractivity contribution is -0.141. The van der Waals surface area contributed by atoms with Gasteiger partial charge in [0.1, 0.15) is 11.8 Å². The number of nitrogens with zero attached hydrogens (tertiary/aromatic N) is 5. The van der Waals surface area contributed by atoms with Gasteiger partial charge < -0.3 is 20.8 Å². The molecule has 2 atom stereocenters. The van der Waals surface area contributed by atoms with E-state index in [1.54, 1.807) is 12.1 Å². The van der Waals surface area contributed by atoms with Crippen molar-refractivity contribution >= 4 is 56.9 Å². The summed E-state index contributed by atoms with van der Waals surface area (Å²) in [7, 11) is -4.74. The van der Waals surface area contributed by atoms with Crippen LogP contribution in [0.1, 0.15) is 17.5 Å². The van der Waals surface area contributed by atoms with E-state index >= 15 is 0 Å². The smallest absolute Gasteiger partial charge is 0.362 e. The van der Waals surface area contributed by atoms with E-state index in [2.05, 4.69) is 20.7 Å². The van der Waals surface area contributed by atoms with Gasteiger partial charge >= 0.3 is 22.4 Å². The molecule has 2 aromatic heterocycles. The Morgan fingerprint density at radius 1 is 1.37 bits per heavy atom. The number of nitrogens with two attached hydrogens (primary N) is 1. The van der Waals surface area contributed by atoms with Crippen molar-refractivity contribution in [1.82, 2.24) is 29.8 Å². The number of imide groups is 1. The fourth-order valence-corrected chi connectivity index (χ4v) is 4.47. The van der Waals surface area contributed by atoms with Crippen LogP contribution in [-0.2, 0) is 19.9 Å². The fourth-order valence-electron chi connectivity index (χ4n) is 3.19.